The highest BCUT2D eigenvalue weighted by Gasteiger charge is 2.24. The Bertz CT molecular complexity index is 647. The molecular weight excluding hydrogens is 252 g/mol. The third-order valence-electron chi connectivity index (χ3n) is 3.73. The van der Waals surface area contributed by atoms with Crippen LogP contribution in [0.1, 0.15) is 21.5 Å². The molecule has 0 saturated heterocycles. The summed E-state index contributed by atoms with van der Waals surface area (Å²) in [5.41, 5.74) is 9.42. The average Bonchev–Trinajstić information content (AvgIpc) is 2.84. The molecule has 0 radical (unpaired) electrons. The lowest BCUT2D eigenvalue weighted by atomic mass is 9.98. The Kier molecular flexibility index (Phi) is 3.18. The van der Waals surface area contributed by atoms with E-state index in [0.29, 0.717) is 5.69 Å². The van der Waals surface area contributed by atoms with Crippen molar-refractivity contribution in [1.29, 1.82) is 0 Å². The molecule has 2 heterocycles. The molecule has 1 aliphatic heterocycles. The summed E-state index contributed by atoms with van der Waals surface area (Å²) < 4.78 is 1.78. The van der Waals surface area contributed by atoms with E-state index in [1.165, 1.54) is 0 Å². The fourth-order valence-electron chi connectivity index (χ4n) is 2.62. The maximum atomic E-state index is 12.4. The molecule has 5 heteroatoms. The summed E-state index contributed by atoms with van der Waals surface area (Å²) in [6, 6.07) is 5.60. The van der Waals surface area contributed by atoms with Crippen LogP contribution >= 0.6 is 0 Å². The van der Waals surface area contributed by atoms with Crippen molar-refractivity contribution in [3.63, 3.8) is 0 Å². The van der Waals surface area contributed by atoms with Crippen molar-refractivity contribution in [3.05, 3.63) is 47.3 Å². The smallest absolute Gasteiger partial charge is 0.254 e. The molecule has 20 heavy (non-hydrogen) atoms. The van der Waals surface area contributed by atoms with Crippen LogP contribution in [0.2, 0.25) is 0 Å². The van der Waals surface area contributed by atoms with Gasteiger partial charge in [0, 0.05) is 37.6 Å². The topological polar surface area (TPSA) is 64.2 Å². The van der Waals surface area contributed by atoms with E-state index in [1.54, 1.807) is 10.7 Å². The van der Waals surface area contributed by atoms with Gasteiger partial charge in [0.15, 0.2) is 0 Å². The van der Waals surface area contributed by atoms with Crippen LogP contribution in [0.5, 0.6) is 0 Å². The monoisotopic (exact) mass is 270 g/mol. The number of carbonyl (C=O) groups excluding carboxylic acids is 1. The van der Waals surface area contributed by atoms with Crippen molar-refractivity contribution in [3.8, 4) is 0 Å². The summed E-state index contributed by atoms with van der Waals surface area (Å²) in [5.74, 6) is 0.0856. The van der Waals surface area contributed by atoms with Gasteiger partial charge in [0.1, 0.15) is 0 Å². The van der Waals surface area contributed by atoms with Crippen LogP contribution in [-0.4, -0.2) is 33.7 Å². The summed E-state index contributed by atoms with van der Waals surface area (Å²) in [7, 11) is 1.90. The molecule has 1 amide bonds. The summed E-state index contributed by atoms with van der Waals surface area (Å²) in [4.78, 5) is 14.3. The van der Waals surface area contributed by atoms with Gasteiger partial charge in [0.25, 0.3) is 5.91 Å². The predicted octanol–water partition coefficient (Wildman–Crippen LogP) is 1.24. The maximum Gasteiger partial charge on any atom is 0.254 e. The first-order valence-corrected chi connectivity index (χ1v) is 6.78. The summed E-state index contributed by atoms with van der Waals surface area (Å²) in [6.07, 6.45) is 5.56. The third kappa shape index (κ3) is 2.39. The lowest BCUT2D eigenvalue weighted by Gasteiger charge is -2.28. The van der Waals surface area contributed by atoms with Gasteiger partial charge in [-0.25, -0.2) is 0 Å². The Balaban J connectivity index is 1.72. The summed E-state index contributed by atoms with van der Waals surface area (Å²) in [6.45, 7) is 1.49. The van der Waals surface area contributed by atoms with Crippen LogP contribution in [0, 0.1) is 0 Å². The number of carbonyl (C=O) groups is 1. The normalized spacial score (nSPS) is 14.4. The summed E-state index contributed by atoms with van der Waals surface area (Å²) in [5, 5.41) is 4.14. The van der Waals surface area contributed by atoms with Crippen LogP contribution in [-0.2, 0) is 19.9 Å². The minimum atomic E-state index is 0.0856. The van der Waals surface area contributed by atoms with Crippen LogP contribution in [0.4, 0.5) is 5.69 Å². The number of anilines is 1. The summed E-state index contributed by atoms with van der Waals surface area (Å²) >= 11 is 0. The van der Waals surface area contributed by atoms with Gasteiger partial charge in [0.05, 0.1) is 6.20 Å². The lowest BCUT2D eigenvalue weighted by Crippen LogP contribution is -2.38. The first-order chi connectivity index (χ1) is 9.63. The SMILES string of the molecule is Cn1cc(CCN2CCc3ccc(N)cc3C2=O)cn1. The van der Waals surface area contributed by atoms with Crippen LogP contribution in [0.3, 0.4) is 0 Å². The first-order valence-electron chi connectivity index (χ1n) is 6.78. The van der Waals surface area contributed by atoms with E-state index in [-0.39, 0.29) is 5.91 Å². The largest absolute Gasteiger partial charge is 0.399 e. The molecule has 0 spiro atoms. The Labute approximate surface area is 118 Å². The van der Waals surface area contributed by atoms with Gasteiger partial charge in [-0.15, -0.1) is 0 Å². The minimum absolute atomic E-state index is 0.0856. The quantitative estimate of drug-likeness (QED) is 0.854. The first kappa shape index (κ1) is 12.7. The molecule has 2 N–H and O–H groups in total. The van der Waals surface area contributed by atoms with E-state index < -0.39 is 0 Å². The van der Waals surface area contributed by atoms with E-state index in [0.717, 1.165) is 42.6 Å². The number of nitrogen functional groups attached to an aromatic ring is 1. The van der Waals surface area contributed by atoms with Crippen molar-refractivity contribution in [2.75, 3.05) is 18.8 Å². The van der Waals surface area contributed by atoms with Gasteiger partial charge < -0.3 is 10.6 Å². The Morgan fingerprint density at radius 2 is 2.25 bits per heavy atom. The Morgan fingerprint density at radius 3 is 3.00 bits per heavy atom. The van der Waals surface area contributed by atoms with Gasteiger partial charge in [-0.05, 0) is 36.1 Å². The highest BCUT2D eigenvalue weighted by atomic mass is 16.2. The highest BCUT2D eigenvalue weighted by molar-refractivity contribution is 5.97. The van der Waals surface area contributed by atoms with E-state index in [4.69, 9.17) is 5.73 Å². The maximum absolute atomic E-state index is 12.4. The lowest BCUT2D eigenvalue weighted by molar-refractivity contribution is 0.0742. The molecular formula is C15H18N4O. The highest BCUT2D eigenvalue weighted by Crippen LogP contribution is 2.21. The van der Waals surface area contributed by atoms with Crippen LogP contribution < -0.4 is 5.73 Å². The van der Waals surface area contributed by atoms with Gasteiger partial charge >= 0.3 is 0 Å². The van der Waals surface area contributed by atoms with Crippen LogP contribution in [0.15, 0.2) is 30.6 Å². The van der Waals surface area contributed by atoms with E-state index in [1.807, 2.05) is 36.5 Å². The third-order valence-corrected chi connectivity index (χ3v) is 3.73. The van der Waals surface area contributed by atoms with E-state index >= 15 is 0 Å². The molecule has 0 atom stereocenters. The Hall–Kier alpha value is -2.30. The van der Waals surface area contributed by atoms with Gasteiger partial charge in [-0.3, -0.25) is 9.48 Å². The molecule has 5 nitrogen and oxygen atoms in total. The minimum Gasteiger partial charge on any atom is -0.399 e. The fraction of sp³-hybridized carbons (Fsp3) is 0.333. The van der Waals surface area contributed by atoms with Crippen molar-refractivity contribution < 1.29 is 4.79 Å². The fourth-order valence-corrected chi connectivity index (χ4v) is 2.62. The van der Waals surface area contributed by atoms with Crippen molar-refractivity contribution in [1.82, 2.24) is 14.7 Å². The molecule has 3 rings (SSSR count). The number of hydrogen-bond donors (Lipinski definition) is 1. The Morgan fingerprint density at radius 1 is 1.40 bits per heavy atom. The standard InChI is InChI=1S/C15H18N4O/c1-18-10-11(9-17-18)4-6-19-7-5-12-2-3-13(16)8-14(12)15(19)20/h2-3,8-10H,4-7,16H2,1H3. The van der Waals surface area contributed by atoms with Gasteiger partial charge in [-0.2, -0.15) is 5.10 Å². The number of nitrogens with two attached hydrogens (primary N) is 1. The van der Waals surface area contributed by atoms with Crippen molar-refractivity contribution in [2.45, 2.75) is 12.8 Å². The number of hydrogen-bond acceptors (Lipinski definition) is 3. The molecule has 0 bridgehead atoms. The molecule has 104 valence electrons. The number of benzene rings is 1. The van der Waals surface area contributed by atoms with Crippen molar-refractivity contribution in [2.24, 2.45) is 7.05 Å². The van der Waals surface area contributed by atoms with Gasteiger partial charge in [-0.1, -0.05) is 6.07 Å². The van der Waals surface area contributed by atoms with E-state index in [2.05, 4.69) is 5.10 Å². The number of amides is 1. The molecule has 1 aliphatic rings. The zero-order valence-electron chi connectivity index (χ0n) is 11.5. The number of fused-ring (bicyclic) bond motifs is 1. The second-order valence-corrected chi connectivity index (χ2v) is 5.23. The molecule has 0 unspecified atom stereocenters. The number of aromatic nitrogens is 2. The molecule has 2 aromatic rings. The van der Waals surface area contributed by atoms with Gasteiger partial charge in [0.2, 0.25) is 0 Å². The molecule has 0 aliphatic carbocycles. The number of nitrogens with zero attached hydrogens (tertiary/aromatic N) is 3. The second-order valence-electron chi connectivity index (χ2n) is 5.23. The number of aryl methyl sites for hydroxylation is 1. The second kappa shape index (κ2) is 5.00. The number of rotatable bonds is 3. The average molecular weight is 270 g/mol. The van der Waals surface area contributed by atoms with Crippen molar-refractivity contribution >= 4 is 11.6 Å². The zero-order valence-corrected chi connectivity index (χ0v) is 11.5. The molecule has 0 saturated carbocycles. The molecule has 1 aromatic carbocycles. The molecule has 1 aromatic heterocycles. The van der Waals surface area contributed by atoms with E-state index in [9.17, 15) is 4.79 Å². The predicted molar refractivity (Wildman–Crippen MR) is 77.4 cm³/mol. The van der Waals surface area contributed by atoms with Crippen LogP contribution in [0.25, 0.3) is 0 Å². The zero-order chi connectivity index (χ0) is 14.1. The molecule has 0 fully saturated rings.